The van der Waals surface area contributed by atoms with E-state index in [9.17, 15) is 4.79 Å². The molecule has 30 heavy (non-hydrogen) atoms. The van der Waals surface area contributed by atoms with Gasteiger partial charge in [0, 0.05) is 23.7 Å². The normalized spacial score (nSPS) is 23.4. The second-order valence-electron chi connectivity index (χ2n) is 8.19. The standard InChI is InChI=1S/C23H25N5O2/c1-27-16-11-12-17(27)14-18(13-16)28(23(24)29)20-10-6-5-9-19(20)22-25-21(26-30-22)15-7-3-2-4-8-15/h2-10,16-18H,11-14H2,1H3,(H2,24,29). The summed E-state index contributed by atoms with van der Waals surface area (Å²) in [4.78, 5) is 21.4. The van der Waals surface area contributed by atoms with Gasteiger partial charge in [0.25, 0.3) is 5.89 Å². The fourth-order valence-corrected chi connectivity index (χ4v) is 4.99. The highest BCUT2D eigenvalue weighted by molar-refractivity contribution is 5.95. The summed E-state index contributed by atoms with van der Waals surface area (Å²) < 4.78 is 5.59. The molecule has 2 amide bonds. The lowest BCUT2D eigenvalue weighted by molar-refractivity contribution is 0.160. The number of aromatic nitrogens is 2. The molecule has 1 aromatic heterocycles. The molecule has 7 heteroatoms. The van der Waals surface area contributed by atoms with E-state index in [1.807, 2.05) is 54.6 Å². The minimum atomic E-state index is -0.445. The van der Waals surface area contributed by atoms with Gasteiger partial charge in [0.1, 0.15) is 0 Å². The second kappa shape index (κ2) is 7.57. The molecule has 2 bridgehead atoms. The second-order valence-corrected chi connectivity index (χ2v) is 8.19. The van der Waals surface area contributed by atoms with Crippen molar-refractivity contribution in [1.82, 2.24) is 15.0 Å². The Morgan fingerprint density at radius 2 is 1.73 bits per heavy atom. The van der Waals surface area contributed by atoms with E-state index in [1.165, 1.54) is 12.8 Å². The highest BCUT2D eigenvalue weighted by atomic mass is 16.5. The molecule has 2 aliphatic rings. The average molecular weight is 403 g/mol. The Bertz CT molecular complexity index is 1040. The van der Waals surface area contributed by atoms with Crippen LogP contribution in [0.15, 0.2) is 59.1 Å². The van der Waals surface area contributed by atoms with Crippen molar-refractivity contribution in [2.45, 2.75) is 43.8 Å². The highest BCUT2D eigenvalue weighted by Gasteiger charge is 2.42. The zero-order valence-corrected chi connectivity index (χ0v) is 16.9. The van der Waals surface area contributed by atoms with Crippen molar-refractivity contribution in [3.8, 4) is 22.8 Å². The summed E-state index contributed by atoms with van der Waals surface area (Å²) in [5.41, 5.74) is 8.22. The number of amides is 2. The lowest BCUT2D eigenvalue weighted by atomic mass is 9.95. The van der Waals surface area contributed by atoms with Gasteiger partial charge in [0.15, 0.2) is 0 Å². The molecule has 0 aliphatic carbocycles. The summed E-state index contributed by atoms with van der Waals surface area (Å²) in [5.74, 6) is 0.898. The number of hydrogen-bond donors (Lipinski definition) is 1. The third-order valence-electron chi connectivity index (χ3n) is 6.53. The molecule has 2 aromatic carbocycles. The Morgan fingerprint density at radius 3 is 2.43 bits per heavy atom. The number of nitrogens with two attached hydrogens (primary N) is 1. The number of benzene rings is 2. The molecule has 7 nitrogen and oxygen atoms in total. The Balaban J connectivity index is 1.51. The number of urea groups is 1. The number of primary amides is 1. The summed E-state index contributed by atoms with van der Waals surface area (Å²) in [7, 11) is 2.19. The Labute approximate surface area is 175 Å². The summed E-state index contributed by atoms with van der Waals surface area (Å²) in [6, 6.07) is 17.9. The molecule has 5 rings (SSSR count). The van der Waals surface area contributed by atoms with Crippen molar-refractivity contribution < 1.29 is 9.32 Å². The van der Waals surface area contributed by atoms with E-state index in [1.54, 1.807) is 4.90 Å². The quantitative estimate of drug-likeness (QED) is 0.713. The van der Waals surface area contributed by atoms with Crippen molar-refractivity contribution in [3.63, 3.8) is 0 Å². The molecular formula is C23H25N5O2. The van der Waals surface area contributed by atoms with Crippen LogP contribution in [0, 0.1) is 0 Å². The average Bonchev–Trinajstić information content (AvgIpc) is 3.31. The Kier molecular flexibility index (Phi) is 4.75. The minimum Gasteiger partial charge on any atom is -0.351 e. The third-order valence-corrected chi connectivity index (χ3v) is 6.53. The summed E-state index contributed by atoms with van der Waals surface area (Å²) >= 11 is 0. The molecule has 0 saturated carbocycles. The van der Waals surface area contributed by atoms with E-state index in [-0.39, 0.29) is 6.04 Å². The lowest BCUT2D eigenvalue weighted by Crippen LogP contribution is -2.52. The Hall–Kier alpha value is -3.19. The molecule has 2 fully saturated rings. The predicted octanol–water partition coefficient (Wildman–Crippen LogP) is 3.91. The first-order chi connectivity index (χ1) is 14.6. The van der Waals surface area contributed by atoms with Crippen molar-refractivity contribution in [1.29, 1.82) is 0 Å². The van der Waals surface area contributed by atoms with E-state index < -0.39 is 6.03 Å². The van der Waals surface area contributed by atoms with E-state index >= 15 is 0 Å². The van der Waals surface area contributed by atoms with Crippen LogP contribution in [0.2, 0.25) is 0 Å². The van der Waals surface area contributed by atoms with Gasteiger partial charge in [-0.25, -0.2) is 4.79 Å². The van der Waals surface area contributed by atoms with Crippen molar-refractivity contribution >= 4 is 11.7 Å². The maximum Gasteiger partial charge on any atom is 0.319 e. The zero-order valence-electron chi connectivity index (χ0n) is 16.9. The van der Waals surface area contributed by atoms with Gasteiger partial charge < -0.3 is 15.2 Å². The molecular weight excluding hydrogens is 378 g/mol. The molecule has 2 atom stereocenters. The van der Waals surface area contributed by atoms with E-state index in [4.69, 9.17) is 10.3 Å². The molecule has 3 heterocycles. The number of fused-ring (bicyclic) bond motifs is 2. The van der Waals surface area contributed by atoms with Crippen LogP contribution in [-0.2, 0) is 0 Å². The van der Waals surface area contributed by atoms with Crippen molar-refractivity contribution in [2.24, 2.45) is 5.73 Å². The van der Waals surface area contributed by atoms with E-state index in [2.05, 4.69) is 22.1 Å². The third kappa shape index (κ3) is 3.25. The Morgan fingerprint density at radius 1 is 1.07 bits per heavy atom. The molecule has 154 valence electrons. The SMILES string of the molecule is CN1C2CCC1CC(N(C(N)=O)c1ccccc1-c1nc(-c3ccccc3)no1)C2. The number of para-hydroxylation sites is 1. The van der Waals surface area contributed by atoms with Crippen LogP contribution in [0.25, 0.3) is 22.8 Å². The number of carbonyl (C=O) groups is 1. The topological polar surface area (TPSA) is 88.5 Å². The number of nitrogens with zero attached hydrogens (tertiary/aromatic N) is 4. The number of hydrogen-bond acceptors (Lipinski definition) is 5. The van der Waals surface area contributed by atoms with Crippen LogP contribution in [0.1, 0.15) is 25.7 Å². The van der Waals surface area contributed by atoms with Crippen LogP contribution in [0.3, 0.4) is 0 Å². The summed E-state index contributed by atoms with van der Waals surface area (Å²) in [6.07, 6.45) is 4.19. The molecule has 2 N–H and O–H groups in total. The van der Waals surface area contributed by atoms with Crippen LogP contribution < -0.4 is 10.6 Å². The van der Waals surface area contributed by atoms with Gasteiger partial charge >= 0.3 is 6.03 Å². The fourth-order valence-electron chi connectivity index (χ4n) is 4.99. The smallest absolute Gasteiger partial charge is 0.319 e. The van der Waals surface area contributed by atoms with Crippen LogP contribution in [0.5, 0.6) is 0 Å². The van der Waals surface area contributed by atoms with Gasteiger partial charge in [-0.05, 0) is 44.9 Å². The summed E-state index contributed by atoms with van der Waals surface area (Å²) in [5, 5.41) is 4.14. The van der Waals surface area contributed by atoms with Gasteiger partial charge in [-0.3, -0.25) is 4.90 Å². The fraction of sp³-hybridized carbons (Fsp3) is 0.348. The first kappa shape index (κ1) is 18.8. The van der Waals surface area contributed by atoms with Gasteiger partial charge in [0.2, 0.25) is 5.82 Å². The maximum atomic E-state index is 12.6. The van der Waals surface area contributed by atoms with Crippen molar-refractivity contribution in [2.75, 3.05) is 11.9 Å². The van der Waals surface area contributed by atoms with Gasteiger partial charge in [0.05, 0.1) is 11.3 Å². The first-order valence-corrected chi connectivity index (χ1v) is 10.4. The van der Waals surface area contributed by atoms with Crippen LogP contribution >= 0.6 is 0 Å². The predicted molar refractivity (Wildman–Crippen MR) is 115 cm³/mol. The monoisotopic (exact) mass is 403 g/mol. The number of anilines is 1. The largest absolute Gasteiger partial charge is 0.351 e. The molecule has 2 aliphatic heterocycles. The van der Waals surface area contributed by atoms with E-state index in [0.29, 0.717) is 23.8 Å². The maximum absolute atomic E-state index is 12.6. The van der Waals surface area contributed by atoms with Crippen LogP contribution in [-0.4, -0.2) is 46.2 Å². The summed E-state index contributed by atoms with van der Waals surface area (Å²) in [6.45, 7) is 0. The molecule has 0 radical (unpaired) electrons. The number of piperidine rings is 1. The highest BCUT2D eigenvalue weighted by Crippen LogP contribution is 2.40. The van der Waals surface area contributed by atoms with Gasteiger partial charge in [-0.15, -0.1) is 0 Å². The van der Waals surface area contributed by atoms with Crippen LogP contribution in [0.4, 0.5) is 10.5 Å². The van der Waals surface area contributed by atoms with E-state index in [0.717, 1.165) is 29.7 Å². The first-order valence-electron chi connectivity index (χ1n) is 10.4. The number of rotatable bonds is 4. The molecule has 3 aromatic rings. The molecule has 2 unspecified atom stereocenters. The lowest BCUT2D eigenvalue weighted by Gasteiger charge is -2.41. The minimum absolute atomic E-state index is 0.0638. The number of carbonyl (C=O) groups excluding carboxylic acids is 1. The van der Waals surface area contributed by atoms with Crippen molar-refractivity contribution in [3.05, 3.63) is 54.6 Å². The molecule has 0 spiro atoms. The molecule has 2 saturated heterocycles. The zero-order chi connectivity index (χ0) is 20.7. The van der Waals surface area contributed by atoms with Gasteiger partial charge in [-0.1, -0.05) is 47.6 Å². The van der Waals surface area contributed by atoms with Gasteiger partial charge in [-0.2, -0.15) is 4.98 Å².